The Morgan fingerprint density at radius 3 is 2.57 bits per heavy atom. The number of carbonyl (C=O) groups is 1. The maximum absolute atomic E-state index is 12.5. The van der Waals surface area contributed by atoms with Crippen LogP contribution in [0.4, 0.5) is 0 Å². The zero-order chi connectivity index (χ0) is 21.6. The first-order valence-electron chi connectivity index (χ1n) is 9.58. The number of rotatable bonds is 9. The predicted octanol–water partition coefficient (Wildman–Crippen LogP) is 1.93. The summed E-state index contributed by atoms with van der Waals surface area (Å²) in [6, 6.07) is 12.9. The molecule has 8 nitrogen and oxygen atoms in total. The minimum Gasteiger partial charge on any atom is -0.352 e. The Labute approximate surface area is 176 Å². The zero-order valence-electron chi connectivity index (χ0n) is 17.0. The summed E-state index contributed by atoms with van der Waals surface area (Å²) in [5, 5.41) is 6.95. The van der Waals surface area contributed by atoms with Crippen molar-refractivity contribution in [3.8, 4) is 0 Å². The average molecular weight is 428 g/mol. The van der Waals surface area contributed by atoms with Crippen molar-refractivity contribution in [1.82, 2.24) is 24.8 Å². The highest BCUT2D eigenvalue weighted by molar-refractivity contribution is 7.89. The number of aromatic nitrogens is 3. The van der Waals surface area contributed by atoms with Crippen molar-refractivity contribution in [3.63, 3.8) is 0 Å². The maximum atomic E-state index is 12.5. The van der Waals surface area contributed by atoms with Crippen LogP contribution in [0.1, 0.15) is 28.7 Å². The van der Waals surface area contributed by atoms with Gasteiger partial charge in [0.15, 0.2) is 0 Å². The Bertz CT molecular complexity index is 1110. The number of amides is 1. The van der Waals surface area contributed by atoms with E-state index in [1.165, 1.54) is 6.33 Å². The van der Waals surface area contributed by atoms with Gasteiger partial charge in [-0.3, -0.25) is 4.79 Å². The fourth-order valence-electron chi connectivity index (χ4n) is 3.13. The molecule has 3 aromatic rings. The van der Waals surface area contributed by atoms with Gasteiger partial charge >= 0.3 is 0 Å². The number of hydrogen-bond acceptors (Lipinski definition) is 5. The number of hydrogen-bond donors (Lipinski definition) is 2. The summed E-state index contributed by atoms with van der Waals surface area (Å²) in [5.74, 6) is -0.228. The lowest BCUT2D eigenvalue weighted by Crippen LogP contribution is -2.31. The molecule has 0 unspecified atom stereocenters. The molecule has 0 aliphatic carbocycles. The van der Waals surface area contributed by atoms with E-state index in [9.17, 15) is 13.2 Å². The second-order valence-corrected chi connectivity index (χ2v) is 8.79. The summed E-state index contributed by atoms with van der Waals surface area (Å²) in [4.78, 5) is 16.4. The molecule has 2 N–H and O–H groups in total. The highest BCUT2D eigenvalue weighted by Gasteiger charge is 2.16. The van der Waals surface area contributed by atoms with Crippen LogP contribution in [-0.4, -0.2) is 35.6 Å². The molecule has 9 heteroatoms. The van der Waals surface area contributed by atoms with Crippen LogP contribution in [-0.2, 0) is 27.9 Å². The molecule has 2 aromatic carbocycles. The summed E-state index contributed by atoms with van der Waals surface area (Å²) in [6.45, 7) is 4.60. The molecule has 0 saturated heterocycles. The molecule has 1 heterocycles. The smallest absolute Gasteiger partial charge is 0.240 e. The Kier molecular flexibility index (Phi) is 6.96. The number of nitrogens with zero attached hydrogens (tertiary/aromatic N) is 3. The molecule has 1 amide bonds. The van der Waals surface area contributed by atoms with Gasteiger partial charge in [-0.2, -0.15) is 5.10 Å². The summed E-state index contributed by atoms with van der Waals surface area (Å²) in [6.07, 6.45) is 3.16. The molecular formula is C21H25N5O3S. The Morgan fingerprint density at radius 1 is 1.10 bits per heavy atom. The molecule has 0 aliphatic heterocycles. The Balaban J connectivity index is 1.51. The molecule has 0 fully saturated rings. The quantitative estimate of drug-likeness (QED) is 0.543. The fourth-order valence-corrected chi connectivity index (χ4v) is 4.39. The minimum absolute atomic E-state index is 0.0298. The first-order chi connectivity index (χ1) is 14.3. The van der Waals surface area contributed by atoms with Crippen LogP contribution in [0.5, 0.6) is 0 Å². The molecule has 0 atom stereocenters. The molecule has 3 rings (SSSR count). The van der Waals surface area contributed by atoms with Crippen molar-refractivity contribution in [2.75, 3.05) is 6.54 Å². The molecule has 158 valence electrons. The highest BCUT2D eigenvalue weighted by Crippen LogP contribution is 2.16. The van der Waals surface area contributed by atoms with Crippen LogP contribution < -0.4 is 10.0 Å². The van der Waals surface area contributed by atoms with Gasteiger partial charge in [0.1, 0.15) is 12.7 Å². The van der Waals surface area contributed by atoms with Gasteiger partial charge in [0.2, 0.25) is 15.9 Å². The largest absolute Gasteiger partial charge is 0.352 e. The summed E-state index contributed by atoms with van der Waals surface area (Å²) in [5.41, 5.74) is 3.67. The van der Waals surface area contributed by atoms with E-state index >= 15 is 0 Å². The van der Waals surface area contributed by atoms with E-state index in [1.54, 1.807) is 30.1 Å². The topological polar surface area (TPSA) is 106 Å². The molecule has 0 aliphatic rings. The van der Waals surface area contributed by atoms with Crippen LogP contribution >= 0.6 is 0 Å². The predicted molar refractivity (Wildman–Crippen MR) is 113 cm³/mol. The third-order valence-electron chi connectivity index (χ3n) is 4.66. The van der Waals surface area contributed by atoms with Crippen LogP contribution in [0, 0.1) is 13.8 Å². The molecule has 0 bridgehead atoms. The van der Waals surface area contributed by atoms with Crippen molar-refractivity contribution in [2.45, 2.75) is 38.3 Å². The number of aryl methyl sites for hydroxylation is 2. The van der Waals surface area contributed by atoms with Gasteiger partial charge in [0.25, 0.3) is 0 Å². The van der Waals surface area contributed by atoms with Crippen molar-refractivity contribution in [1.29, 1.82) is 0 Å². The van der Waals surface area contributed by atoms with E-state index in [0.29, 0.717) is 18.7 Å². The maximum Gasteiger partial charge on any atom is 0.240 e. The van der Waals surface area contributed by atoms with Crippen molar-refractivity contribution in [2.24, 2.45) is 0 Å². The van der Waals surface area contributed by atoms with Crippen molar-refractivity contribution >= 4 is 15.9 Å². The van der Waals surface area contributed by atoms with Crippen LogP contribution in [0.15, 0.2) is 60.0 Å². The van der Waals surface area contributed by atoms with E-state index in [1.807, 2.05) is 37.3 Å². The lowest BCUT2D eigenvalue weighted by molar-refractivity contribution is -0.121. The van der Waals surface area contributed by atoms with Crippen molar-refractivity contribution < 1.29 is 13.2 Å². The minimum atomic E-state index is -3.65. The summed E-state index contributed by atoms with van der Waals surface area (Å²) in [7, 11) is -3.65. The van der Waals surface area contributed by atoms with E-state index in [2.05, 4.69) is 20.1 Å². The fraction of sp³-hybridized carbons (Fsp3) is 0.286. The summed E-state index contributed by atoms with van der Waals surface area (Å²) >= 11 is 0. The zero-order valence-corrected chi connectivity index (χ0v) is 17.8. The second kappa shape index (κ2) is 9.64. The Hall–Kier alpha value is -3.04. The normalized spacial score (nSPS) is 11.4. The van der Waals surface area contributed by atoms with Gasteiger partial charge in [0, 0.05) is 19.5 Å². The van der Waals surface area contributed by atoms with E-state index < -0.39 is 10.0 Å². The van der Waals surface area contributed by atoms with Gasteiger partial charge in [-0.15, -0.1) is 0 Å². The first kappa shape index (κ1) is 21.7. The molecule has 0 spiro atoms. The molecular weight excluding hydrogens is 402 g/mol. The summed E-state index contributed by atoms with van der Waals surface area (Å²) < 4.78 is 29.1. The lowest BCUT2D eigenvalue weighted by atomic mass is 10.1. The van der Waals surface area contributed by atoms with Gasteiger partial charge in [-0.25, -0.2) is 22.8 Å². The third-order valence-corrected chi connectivity index (χ3v) is 6.28. The number of carbonyl (C=O) groups excluding carboxylic acids is 1. The number of benzene rings is 2. The number of nitrogens with one attached hydrogen (secondary N) is 2. The van der Waals surface area contributed by atoms with E-state index in [-0.39, 0.29) is 23.8 Å². The second-order valence-electron chi connectivity index (χ2n) is 7.06. The van der Waals surface area contributed by atoms with Crippen LogP contribution in [0.25, 0.3) is 0 Å². The standard InChI is InChI=1S/C21H25N5O3S/c1-16-7-8-20(17(2)11-16)30(28,29)25-10-9-21(27)23-12-18-5-3-4-6-19(18)13-26-15-22-14-24-26/h3-8,11,14-15,25H,9-10,12-13H2,1-2H3,(H,23,27). The lowest BCUT2D eigenvalue weighted by Gasteiger charge is -2.12. The van der Waals surface area contributed by atoms with Gasteiger partial charge in [-0.1, -0.05) is 42.0 Å². The molecule has 30 heavy (non-hydrogen) atoms. The highest BCUT2D eigenvalue weighted by atomic mass is 32.2. The molecule has 0 saturated carbocycles. The van der Waals surface area contributed by atoms with E-state index in [4.69, 9.17) is 0 Å². The number of sulfonamides is 1. The average Bonchev–Trinajstić information content (AvgIpc) is 3.20. The van der Waals surface area contributed by atoms with Gasteiger partial charge < -0.3 is 5.32 Å². The third kappa shape index (κ3) is 5.74. The Morgan fingerprint density at radius 2 is 1.87 bits per heavy atom. The van der Waals surface area contributed by atoms with E-state index in [0.717, 1.165) is 16.7 Å². The SMILES string of the molecule is Cc1ccc(S(=O)(=O)NCCC(=O)NCc2ccccc2Cn2cncn2)c(C)c1. The monoisotopic (exact) mass is 427 g/mol. The molecule has 1 aromatic heterocycles. The van der Waals surface area contributed by atoms with Gasteiger partial charge in [0.05, 0.1) is 11.4 Å². The van der Waals surface area contributed by atoms with Crippen LogP contribution in [0.3, 0.4) is 0 Å². The van der Waals surface area contributed by atoms with Crippen LogP contribution in [0.2, 0.25) is 0 Å². The van der Waals surface area contributed by atoms with Crippen molar-refractivity contribution in [3.05, 3.63) is 77.4 Å². The van der Waals surface area contributed by atoms with Gasteiger partial charge in [-0.05, 0) is 36.6 Å². The first-order valence-corrected chi connectivity index (χ1v) is 11.1. The molecule has 0 radical (unpaired) electrons.